The first-order valence-electron chi connectivity index (χ1n) is 6.72. The summed E-state index contributed by atoms with van der Waals surface area (Å²) in [6.45, 7) is 5.11. The zero-order chi connectivity index (χ0) is 10.0. The van der Waals surface area contributed by atoms with Crippen molar-refractivity contribution in [1.29, 1.82) is 0 Å². The van der Waals surface area contributed by atoms with E-state index in [0.29, 0.717) is 5.41 Å². The SMILES string of the molecule is CC(C1CCCC1)C1(C)CCCCC1. The lowest BCUT2D eigenvalue weighted by molar-refractivity contribution is 0.0863. The van der Waals surface area contributed by atoms with Crippen LogP contribution < -0.4 is 0 Å². The molecule has 0 bridgehead atoms. The van der Waals surface area contributed by atoms with Gasteiger partial charge in [0, 0.05) is 0 Å². The van der Waals surface area contributed by atoms with Gasteiger partial charge in [0.05, 0.1) is 0 Å². The Morgan fingerprint density at radius 2 is 1.50 bits per heavy atom. The van der Waals surface area contributed by atoms with Crippen molar-refractivity contribution in [2.75, 3.05) is 0 Å². The highest BCUT2D eigenvalue weighted by atomic mass is 14.4. The average molecular weight is 194 g/mol. The molecular weight excluding hydrogens is 168 g/mol. The van der Waals surface area contributed by atoms with Gasteiger partial charge >= 0.3 is 0 Å². The topological polar surface area (TPSA) is 0 Å². The van der Waals surface area contributed by atoms with Gasteiger partial charge < -0.3 is 0 Å². The van der Waals surface area contributed by atoms with Gasteiger partial charge in [0.2, 0.25) is 0 Å². The smallest absolute Gasteiger partial charge is 0.0298 e. The molecule has 0 aromatic carbocycles. The zero-order valence-corrected chi connectivity index (χ0v) is 10.0. The molecule has 1 unspecified atom stereocenters. The molecule has 0 heteroatoms. The normalized spacial score (nSPS) is 30.4. The van der Waals surface area contributed by atoms with E-state index in [1.807, 2.05) is 0 Å². The zero-order valence-electron chi connectivity index (χ0n) is 10.0. The summed E-state index contributed by atoms with van der Waals surface area (Å²) in [6.07, 6.45) is 13.5. The molecule has 0 nitrogen and oxygen atoms in total. The van der Waals surface area contributed by atoms with Crippen LogP contribution in [0.5, 0.6) is 0 Å². The third-order valence-corrected chi connectivity index (χ3v) is 5.20. The molecule has 2 aliphatic rings. The lowest BCUT2D eigenvalue weighted by atomic mass is 9.63. The summed E-state index contributed by atoms with van der Waals surface area (Å²) in [5.41, 5.74) is 0.702. The molecule has 0 radical (unpaired) electrons. The molecule has 0 spiro atoms. The molecule has 0 aromatic heterocycles. The Hall–Kier alpha value is 0. The predicted octanol–water partition coefficient (Wildman–Crippen LogP) is 4.78. The van der Waals surface area contributed by atoms with Gasteiger partial charge in [-0.25, -0.2) is 0 Å². The molecule has 2 fully saturated rings. The Labute approximate surface area is 89.5 Å². The van der Waals surface area contributed by atoms with E-state index in [9.17, 15) is 0 Å². The van der Waals surface area contributed by atoms with Crippen LogP contribution in [0.4, 0.5) is 0 Å². The molecular formula is C14H26. The van der Waals surface area contributed by atoms with Crippen LogP contribution in [0.25, 0.3) is 0 Å². The molecule has 2 aliphatic carbocycles. The van der Waals surface area contributed by atoms with Crippen LogP contribution >= 0.6 is 0 Å². The standard InChI is InChI=1S/C14H26/c1-12(13-8-4-5-9-13)14(2)10-6-3-7-11-14/h12-13H,3-11H2,1-2H3. The summed E-state index contributed by atoms with van der Waals surface area (Å²) in [7, 11) is 0. The van der Waals surface area contributed by atoms with Crippen molar-refractivity contribution in [3.05, 3.63) is 0 Å². The average Bonchev–Trinajstić information content (AvgIpc) is 2.70. The molecule has 14 heavy (non-hydrogen) atoms. The first kappa shape index (κ1) is 10.5. The maximum Gasteiger partial charge on any atom is -0.0298 e. The number of hydrogen-bond donors (Lipinski definition) is 0. The van der Waals surface area contributed by atoms with Crippen LogP contribution in [0.1, 0.15) is 71.6 Å². The van der Waals surface area contributed by atoms with Gasteiger partial charge in [0.25, 0.3) is 0 Å². The van der Waals surface area contributed by atoms with E-state index in [0.717, 1.165) is 11.8 Å². The quantitative estimate of drug-likeness (QED) is 0.593. The maximum atomic E-state index is 2.56. The van der Waals surface area contributed by atoms with E-state index in [-0.39, 0.29) is 0 Å². The van der Waals surface area contributed by atoms with Gasteiger partial charge in [0.1, 0.15) is 0 Å². The van der Waals surface area contributed by atoms with Crippen molar-refractivity contribution in [3.63, 3.8) is 0 Å². The van der Waals surface area contributed by atoms with E-state index in [2.05, 4.69) is 13.8 Å². The van der Waals surface area contributed by atoms with Gasteiger partial charge in [-0.05, 0) is 30.1 Å². The molecule has 82 valence electrons. The van der Waals surface area contributed by atoms with Crippen LogP contribution in [0.3, 0.4) is 0 Å². The third kappa shape index (κ3) is 1.99. The Morgan fingerprint density at radius 3 is 2.07 bits per heavy atom. The van der Waals surface area contributed by atoms with E-state index in [1.165, 1.54) is 57.8 Å². The highest BCUT2D eigenvalue weighted by Gasteiger charge is 2.37. The number of hydrogen-bond acceptors (Lipinski definition) is 0. The summed E-state index contributed by atoms with van der Waals surface area (Å²) >= 11 is 0. The van der Waals surface area contributed by atoms with Crippen molar-refractivity contribution >= 4 is 0 Å². The molecule has 2 saturated carbocycles. The first-order chi connectivity index (χ1) is 6.72. The summed E-state index contributed by atoms with van der Waals surface area (Å²) < 4.78 is 0. The van der Waals surface area contributed by atoms with Gasteiger partial charge in [0.15, 0.2) is 0 Å². The van der Waals surface area contributed by atoms with Gasteiger partial charge in [-0.15, -0.1) is 0 Å². The monoisotopic (exact) mass is 194 g/mol. The first-order valence-corrected chi connectivity index (χ1v) is 6.72. The molecule has 0 heterocycles. The van der Waals surface area contributed by atoms with Gasteiger partial charge in [-0.2, -0.15) is 0 Å². The van der Waals surface area contributed by atoms with Crippen LogP contribution in [0.15, 0.2) is 0 Å². The van der Waals surface area contributed by atoms with Crippen molar-refractivity contribution in [1.82, 2.24) is 0 Å². The Morgan fingerprint density at radius 1 is 0.929 bits per heavy atom. The fourth-order valence-corrected chi connectivity index (χ4v) is 3.84. The van der Waals surface area contributed by atoms with Crippen LogP contribution in [-0.2, 0) is 0 Å². The summed E-state index contributed by atoms with van der Waals surface area (Å²) in [5, 5.41) is 0. The lowest BCUT2D eigenvalue weighted by Gasteiger charge is -2.42. The summed E-state index contributed by atoms with van der Waals surface area (Å²) in [6, 6.07) is 0. The minimum Gasteiger partial charge on any atom is -0.0617 e. The second-order valence-electron chi connectivity index (χ2n) is 6.05. The fourth-order valence-electron chi connectivity index (χ4n) is 3.84. The van der Waals surface area contributed by atoms with Crippen molar-refractivity contribution in [3.8, 4) is 0 Å². The third-order valence-electron chi connectivity index (χ3n) is 5.20. The second kappa shape index (κ2) is 4.24. The lowest BCUT2D eigenvalue weighted by Crippen LogP contribution is -2.32. The Kier molecular flexibility index (Phi) is 3.19. The van der Waals surface area contributed by atoms with E-state index in [1.54, 1.807) is 0 Å². The number of rotatable bonds is 2. The van der Waals surface area contributed by atoms with Gasteiger partial charge in [-0.1, -0.05) is 58.8 Å². The summed E-state index contributed by atoms with van der Waals surface area (Å²) in [4.78, 5) is 0. The fraction of sp³-hybridized carbons (Fsp3) is 1.00. The minimum atomic E-state index is 0.702. The molecule has 0 N–H and O–H groups in total. The summed E-state index contributed by atoms with van der Waals surface area (Å²) in [5.74, 6) is 2.06. The molecule has 2 rings (SSSR count). The van der Waals surface area contributed by atoms with Crippen molar-refractivity contribution in [2.24, 2.45) is 17.3 Å². The van der Waals surface area contributed by atoms with Crippen LogP contribution in [0, 0.1) is 17.3 Å². The largest absolute Gasteiger partial charge is 0.0617 e. The van der Waals surface area contributed by atoms with Crippen LogP contribution in [-0.4, -0.2) is 0 Å². The van der Waals surface area contributed by atoms with E-state index >= 15 is 0 Å². The molecule has 0 aromatic rings. The molecule has 0 amide bonds. The Bertz CT molecular complexity index is 170. The van der Waals surface area contributed by atoms with Crippen molar-refractivity contribution in [2.45, 2.75) is 71.6 Å². The molecule has 0 saturated heterocycles. The Balaban J connectivity index is 1.96. The second-order valence-corrected chi connectivity index (χ2v) is 6.05. The predicted molar refractivity (Wildman–Crippen MR) is 62.3 cm³/mol. The molecule has 1 atom stereocenters. The van der Waals surface area contributed by atoms with Crippen molar-refractivity contribution < 1.29 is 0 Å². The molecule has 0 aliphatic heterocycles. The van der Waals surface area contributed by atoms with E-state index < -0.39 is 0 Å². The van der Waals surface area contributed by atoms with Gasteiger partial charge in [-0.3, -0.25) is 0 Å². The van der Waals surface area contributed by atoms with E-state index in [4.69, 9.17) is 0 Å². The highest BCUT2D eigenvalue weighted by molar-refractivity contribution is 4.88. The minimum absolute atomic E-state index is 0.702. The maximum absolute atomic E-state index is 2.56. The van der Waals surface area contributed by atoms with Crippen LogP contribution in [0.2, 0.25) is 0 Å². The highest BCUT2D eigenvalue weighted by Crippen LogP contribution is 2.48.